The minimum Gasteiger partial charge on any atom is -0.288 e. The molecule has 1 aliphatic rings. The van der Waals surface area contributed by atoms with E-state index < -0.39 is 0 Å². The van der Waals surface area contributed by atoms with Gasteiger partial charge in [-0.25, -0.2) is 0 Å². The molecular formula is C10H15NS. The monoisotopic (exact) mass is 181 g/mol. The van der Waals surface area contributed by atoms with Crippen molar-refractivity contribution in [3.63, 3.8) is 0 Å². The molecule has 1 heterocycles. The summed E-state index contributed by atoms with van der Waals surface area (Å²) in [5, 5.41) is 0. The molecule has 0 spiro atoms. The predicted molar refractivity (Wildman–Crippen MR) is 58.0 cm³/mol. The number of allylic oxidation sites excluding steroid dienone is 2. The third-order valence-corrected chi connectivity index (χ3v) is 2.26. The van der Waals surface area contributed by atoms with Crippen LogP contribution in [0.25, 0.3) is 0 Å². The molecule has 1 rings (SSSR count). The number of aliphatic imine (C=N–C) groups is 1. The predicted octanol–water partition coefficient (Wildman–Crippen LogP) is 2.86. The van der Waals surface area contributed by atoms with Crippen molar-refractivity contribution in [2.75, 3.05) is 6.54 Å². The van der Waals surface area contributed by atoms with Gasteiger partial charge in [0.05, 0.1) is 6.54 Å². The van der Waals surface area contributed by atoms with Gasteiger partial charge in [-0.15, -0.1) is 12.6 Å². The Hall–Kier alpha value is -0.500. The largest absolute Gasteiger partial charge is 0.288 e. The first-order chi connectivity index (χ1) is 5.61. The number of rotatable bonds is 1. The summed E-state index contributed by atoms with van der Waals surface area (Å²) < 4.78 is 0. The topological polar surface area (TPSA) is 12.4 Å². The molecule has 2 heteroatoms. The van der Waals surface area contributed by atoms with Gasteiger partial charge in [-0.05, 0) is 24.5 Å². The molecule has 0 fully saturated rings. The summed E-state index contributed by atoms with van der Waals surface area (Å²) in [5.41, 5.74) is 2.50. The van der Waals surface area contributed by atoms with Crippen LogP contribution in [0.3, 0.4) is 0 Å². The summed E-state index contributed by atoms with van der Waals surface area (Å²) in [6, 6.07) is 0. The zero-order valence-electron chi connectivity index (χ0n) is 7.83. The Labute approximate surface area is 79.7 Å². The lowest BCUT2D eigenvalue weighted by Crippen LogP contribution is -1.96. The van der Waals surface area contributed by atoms with Crippen molar-refractivity contribution < 1.29 is 0 Å². The van der Waals surface area contributed by atoms with Crippen LogP contribution < -0.4 is 0 Å². The van der Waals surface area contributed by atoms with Gasteiger partial charge in [-0.1, -0.05) is 19.4 Å². The zero-order chi connectivity index (χ0) is 9.14. The third kappa shape index (κ3) is 2.24. The summed E-state index contributed by atoms with van der Waals surface area (Å²) in [7, 11) is 0. The summed E-state index contributed by atoms with van der Waals surface area (Å²) in [6.45, 7) is 7.20. The van der Waals surface area contributed by atoms with Gasteiger partial charge in [-0.3, -0.25) is 4.99 Å². The highest BCUT2D eigenvalue weighted by Gasteiger charge is 2.06. The van der Waals surface area contributed by atoms with Crippen molar-refractivity contribution in [2.45, 2.75) is 20.8 Å². The van der Waals surface area contributed by atoms with E-state index in [1.807, 2.05) is 6.21 Å². The Kier molecular flexibility index (Phi) is 3.15. The van der Waals surface area contributed by atoms with Crippen LogP contribution in [0.2, 0.25) is 0 Å². The van der Waals surface area contributed by atoms with Crippen LogP contribution in [0.5, 0.6) is 0 Å². The van der Waals surface area contributed by atoms with E-state index in [9.17, 15) is 0 Å². The second kappa shape index (κ2) is 3.94. The van der Waals surface area contributed by atoms with Crippen LogP contribution >= 0.6 is 12.6 Å². The van der Waals surface area contributed by atoms with Crippen molar-refractivity contribution in [1.29, 1.82) is 0 Å². The van der Waals surface area contributed by atoms with Gasteiger partial charge in [0.1, 0.15) is 0 Å². The number of nitrogens with zero attached hydrogens (tertiary/aromatic N) is 1. The van der Waals surface area contributed by atoms with Crippen molar-refractivity contribution in [2.24, 2.45) is 10.9 Å². The molecule has 0 saturated carbocycles. The fourth-order valence-electron chi connectivity index (χ4n) is 1.16. The number of hydrogen-bond acceptors (Lipinski definition) is 2. The van der Waals surface area contributed by atoms with E-state index in [0.717, 1.165) is 11.4 Å². The maximum Gasteiger partial charge on any atom is 0.0600 e. The van der Waals surface area contributed by atoms with Crippen LogP contribution in [0.1, 0.15) is 20.8 Å². The van der Waals surface area contributed by atoms with Crippen LogP contribution in [-0.2, 0) is 0 Å². The SMILES string of the molecule is CC1=CC(S)=C(C(C)C)C=NC1. The zero-order valence-corrected chi connectivity index (χ0v) is 8.73. The van der Waals surface area contributed by atoms with E-state index in [-0.39, 0.29) is 0 Å². The summed E-state index contributed by atoms with van der Waals surface area (Å²) >= 11 is 4.44. The van der Waals surface area contributed by atoms with Gasteiger partial charge < -0.3 is 0 Å². The molecule has 0 aromatic heterocycles. The minimum atomic E-state index is 0.503. The average molecular weight is 181 g/mol. The van der Waals surface area contributed by atoms with Gasteiger partial charge in [0.15, 0.2) is 0 Å². The van der Waals surface area contributed by atoms with Crippen LogP contribution in [0.4, 0.5) is 0 Å². The quantitative estimate of drug-likeness (QED) is 0.597. The number of thiol groups is 1. The van der Waals surface area contributed by atoms with Crippen molar-refractivity contribution in [3.8, 4) is 0 Å². The van der Waals surface area contributed by atoms with Crippen LogP contribution in [0.15, 0.2) is 27.1 Å². The van der Waals surface area contributed by atoms with E-state index in [1.54, 1.807) is 0 Å². The standard InChI is InChI=1S/C10H15NS/c1-7(2)9-6-11-5-8(3)4-10(9)12/h4,6-7,12H,5H2,1-3H3. The molecule has 0 N–H and O–H groups in total. The molecule has 0 aromatic carbocycles. The Morgan fingerprint density at radius 2 is 2.17 bits per heavy atom. The normalized spacial score (nSPS) is 18.2. The fourth-order valence-corrected chi connectivity index (χ4v) is 1.70. The summed E-state index contributed by atoms with van der Waals surface area (Å²) in [4.78, 5) is 5.36. The Morgan fingerprint density at radius 3 is 2.75 bits per heavy atom. The molecule has 1 nitrogen and oxygen atoms in total. The minimum absolute atomic E-state index is 0.503. The molecule has 0 aromatic rings. The lowest BCUT2D eigenvalue weighted by Gasteiger charge is -2.06. The molecule has 66 valence electrons. The molecule has 0 bridgehead atoms. The fraction of sp³-hybridized carbons (Fsp3) is 0.500. The maximum atomic E-state index is 4.44. The maximum absolute atomic E-state index is 4.44. The van der Waals surface area contributed by atoms with Crippen molar-refractivity contribution in [1.82, 2.24) is 0 Å². The van der Waals surface area contributed by atoms with Gasteiger partial charge in [0.2, 0.25) is 0 Å². The molecule has 12 heavy (non-hydrogen) atoms. The first-order valence-electron chi connectivity index (χ1n) is 4.21. The first kappa shape index (κ1) is 9.59. The molecular weight excluding hydrogens is 166 g/mol. The summed E-state index contributed by atoms with van der Waals surface area (Å²) in [6.07, 6.45) is 4.05. The molecule has 1 aliphatic heterocycles. The smallest absolute Gasteiger partial charge is 0.0600 e. The lowest BCUT2D eigenvalue weighted by molar-refractivity contribution is 0.805. The molecule has 0 saturated heterocycles. The lowest BCUT2D eigenvalue weighted by atomic mass is 10.0. The second-order valence-electron chi connectivity index (χ2n) is 3.46. The molecule has 0 amide bonds. The van der Waals surface area contributed by atoms with E-state index in [2.05, 4.69) is 44.5 Å². The van der Waals surface area contributed by atoms with E-state index in [4.69, 9.17) is 0 Å². The highest BCUT2D eigenvalue weighted by atomic mass is 32.1. The van der Waals surface area contributed by atoms with E-state index >= 15 is 0 Å². The van der Waals surface area contributed by atoms with Crippen molar-refractivity contribution in [3.05, 3.63) is 22.1 Å². The van der Waals surface area contributed by atoms with Gasteiger partial charge in [-0.2, -0.15) is 0 Å². The first-order valence-corrected chi connectivity index (χ1v) is 4.66. The van der Waals surface area contributed by atoms with Crippen LogP contribution in [-0.4, -0.2) is 12.8 Å². The van der Waals surface area contributed by atoms with Gasteiger partial charge >= 0.3 is 0 Å². The highest BCUT2D eigenvalue weighted by molar-refractivity contribution is 7.84. The van der Waals surface area contributed by atoms with Gasteiger partial charge in [0, 0.05) is 11.1 Å². The van der Waals surface area contributed by atoms with Gasteiger partial charge in [0.25, 0.3) is 0 Å². The second-order valence-corrected chi connectivity index (χ2v) is 3.94. The molecule has 0 radical (unpaired) electrons. The van der Waals surface area contributed by atoms with Crippen molar-refractivity contribution >= 4 is 18.8 Å². The number of hydrogen-bond donors (Lipinski definition) is 1. The Bertz CT molecular complexity index is 259. The Balaban J connectivity index is 3.02. The van der Waals surface area contributed by atoms with Crippen LogP contribution in [0, 0.1) is 5.92 Å². The van der Waals surface area contributed by atoms with E-state index in [0.29, 0.717) is 5.92 Å². The molecule has 0 aliphatic carbocycles. The Morgan fingerprint density at radius 1 is 1.50 bits per heavy atom. The average Bonchev–Trinajstić information content (AvgIpc) is 2.10. The summed E-state index contributed by atoms with van der Waals surface area (Å²) in [5.74, 6) is 0.503. The van der Waals surface area contributed by atoms with E-state index in [1.165, 1.54) is 11.1 Å². The molecule has 0 unspecified atom stereocenters. The highest BCUT2D eigenvalue weighted by Crippen LogP contribution is 2.20. The molecule has 0 atom stereocenters. The third-order valence-electron chi connectivity index (χ3n) is 1.87.